The highest BCUT2D eigenvalue weighted by Gasteiger charge is 2.29. The fourth-order valence-corrected chi connectivity index (χ4v) is 3.95. The number of carbonyl (C=O) groups excluding carboxylic acids is 1. The molecule has 0 atom stereocenters. The molecule has 0 fully saturated rings. The third-order valence-electron chi connectivity index (χ3n) is 5.54. The monoisotopic (exact) mass is 420 g/mol. The lowest BCUT2D eigenvalue weighted by molar-refractivity contribution is -0.135. The Labute approximate surface area is 179 Å². The molecule has 0 saturated heterocycles. The highest BCUT2D eigenvalue weighted by molar-refractivity contribution is 5.79. The smallest absolute Gasteiger partial charge is 0.225 e. The second kappa shape index (κ2) is 8.31. The second-order valence-corrected chi connectivity index (χ2v) is 8.02. The predicted octanol–water partition coefficient (Wildman–Crippen LogP) is 4.29. The first-order valence-corrected chi connectivity index (χ1v) is 10.2. The Morgan fingerprint density at radius 2 is 2.03 bits per heavy atom. The van der Waals surface area contributed by atoms with Crippen LogP contribution in [0.15, 0.2) is 42.5 Å². The van der Waals surface area contributed by atoms with E-state index in [1.807, 2.05) is 24.8 Å². The first-order chi connectivity index (χ1) is 14.9. The van der Waals surface area contributed by atoms with E-state index in [9.17, 15) is 18.8 Å². The maximum absolute atomic E-state index is 14.3. The summed E-state index contributed by atoms with van der Waals surface area (Å²) in [6.45, 7) is 4.86. The highest BCUT2D eigenvalue weighted by Crippen LogP contribution is 2.31. The van der Waals surface area contributed by atoms with Crippen LogP contribution in [0.1, 0.15) is 36.2 Å². The van der Waals surface area contributed by atoms with Gasteiger partial charge in [-0.3, -0.25) is 9.48 Å². The second-order valence-electron chi connectivity index (χ2n) is 8.02. The van der Waals surface area contributed by atoms with Crippen LogP contribution in [0.4, 0.5) is 8.78 Å². The number of benzene rings is 2. The number of halogens is 2. The molecule has 7 heteroatoms. The maximum Gasteiger partial charge on any atom is 0.225 e. The molecule has 158 valence electrons. The van der Waals surface area contributed by atoms with Gasteiger partial charge in [-0.2, -0.15) is 10.4 Å². The summed E-state index contributed by atoms with van der Waals surface area (Å²) in [6.07, 6.45) is 0.585. The molecule has 2 aromatic carbocycles. The highest BCUT2D eigenvalue weighted by atomic mass is 19.1. The van der Waals surface area contributed by atoms with Gasteiger partial charge in [0.1, 0.15) is 11.6 Å². The molecule has 0 N–H and O–H groups in total. The number of rotatable bonds is 4. The first kappa shape index (κ1) is 20.7. The van der Waals surface area contributed by atoms with Crippen molar-refractivity contribution in [2.24, 2.45) is 5.92 Å². The summed E-state index contributed by atoms with van der Waals surface area (Å²) in [5.41, 5.74) is 4.12. The van der Waals surface area contributed by atoms with Crippen LogP contribution in [0, 0.1) is 28.9 Å². The topological polar surface area (TPSA) is 61.9 Å². The quantitative estimate of drug-likeness (QED) is 0.633. The molecule has 1 aliphatic rings. The van der Waals surface area contributed by atoms with E-state index in [0.29, 0.717) is 36.3 Å². The van der Waals surface area contributed by atoms with Crippen molar-refractivity contribution in [1.29, 1.82) is 5.26 Å². The molecule has 0 aliphatic carbocycles. The Hall–Kier alpha value is -3.53. The third-order valence-corrected chi connectivity index (χ3v) is 5.54. The zero-order valence-corrected chi connectivity index (χ0v) is 17.4. The lowest BCUT2D eigenvalue weighted by Crippen LogP contribution is -2.38. The molecule has 0 unspecified atom stereocenters. The SMILES string of the molecule is CC(C)C(=O)N1CCc2c(c(-c3cccc(C#N)c3)nn2Cc2ccc(F)cc2F)C1. The van der Waals surface area contributed by atoms with Gasteiger partial charge in [0.2, 0.25) is 5.91 Å². The van der Waals surface area contributed by atoms with E-state index >= 15 is 0 Å². The molecule has 1 aromatic heterocycles. The van der Waals surface area contributed by atoms with Crippen molar-refractivity contribution >= 4 is 5.91 Å². The molecule has 2 heterocycles. The summed E-state index contributed by atoms with van der Waals surface area (Å²) in [4.78, 5) is 14.4. The Kier molecular flexibility index (Phi) is 5.55. The number of hydrogen-bond donors (Lipinski definition) is 0. The molecular weight excluding hydrogens is 398 g/mol. The average Bonchev–Trinajstić information content (AvgIpc) is 3.12. The van der Waals surface area contributed by atoms with Crippen LogP contribution in [-0.2, 0) is 24.3 Å². The van der Waals surface area contributed by atoms with E-state index in [-0.39, 0.29) is 18.4 Å². The fourth-order valence-electron chi connectivity index (χ4n) is 3.95. The minimum Gasteiger partial charge on any atom is -0.338 e. The van der Waals surface area contributed by atoms with Crippen LogP contribution in [0.5, 0.6) is 0 Å². The standard InChI is InChI=1S/C24H22F2N4O/c1-15(2)24(31)29-9-8-22-20(14-29)23(17-5-3-4-16(10-17)12-27)28-30(22)13-18-6-7-19(25)11-21(18)26/h3-7,10-11,15H,8-9,13-14H2,1-2H3. The summed E-state index contributed by atoms with van der Waals surface area (Å²) in [6, 6.07) is 12.8. The van der Waals surface area contributed by atoms with Gasteiger partial charge >= 0.3 is 0 Å². The molecule has 0 saturated carbocycles. The lowest BCUT2D eigenvalue weighted by Gasteiger charge is -2.29. The Morgan fingerprint density at radius 3 is 2.74 bits per heavy atom. The van der Waals surface area contributed by atoms with Gasteiger partial charge in [-0.1, -0.05) is 32.0 Å². The van der Waals surface area contributed by atoms with Gasteiger partial charge in [-0.15, -0.1) is 0 Å². The summed E-state index contributed by atoms with van der Waals surface area (Å²) in [7, 11) is 0. The number of fused-ring (bicyclic) bond motifs is 1. The Morgan fingerprint density at radius 1 is 1.23 bits per heavy atom. The third kappa shape index (κ3) is 4.06. The summed E-state index contributed by atoms with van der Waals surface area (Å²) in [5.74, 6) is -1.29. The van der Waals surface area contributed by atoms with Crippen LogP contribution >= 0.6 is 0 Å². The number of nitriles is 1. The van der Waals surface area contributed by atoms with E-state index in [1.165, 1.54) is 12.1 Å². The van der Waals surface area contributed by atoms with Crippen molar-refractivity contribution in [3.63, 3.8) is 0 Å². The van der Waals surface area contributed by atoms with Crippen LogP contribution in [0.2, 0.25) is 0 Å². The summed E-state index contributed by atoms with van der Waals surface area (Å²) in [5, 5.41) is 14.0. The summed E-state index contributed by atoms with van der Waals surface area (Å²) >= 11 is 0. The van der Waals surface area contributed by atoms with E-state index in [4.69, 9.17) is 5.10 Å². The largest absolute Gasteiger partial charge is 0.338 e. The minimum atomic E-state index is -0.624. The molecule has 5 nitrogen and oxygen atoms in total. The Balaban J connectivity index is 1.79. The van der Waals surface area contributed by atoms with Crippen molar-refractivity contribution in [1.82, 2.24) is 14.7 Å². The number of amides is 1. The van der Waals surface area contributed by atoms with Crippen molar-refractivity contribution in [2.75, 3.05) is 6.54 Å². The van der Waals surface area contributed by atoms with E-state index < -0.39 is 11.6 Å². The lowest BCUT2D eigenvalue weighted by atomic mass is 9.99. The fraction of sp³-hybridized carbons (Fsp3) is 0.292. The number of hydrogen-bond acceptors (Lipinski definition) is 3. The molecule has 3 aromatic rings. The zero-order chi connectivity index (χ0) is 22.1. The van der Waals surface area contributed by atoms with Crippen molar-refractivity contribution in [3.05, 3.63) is 76.5 Å². The number of aromatic nitrogens is 2. The van der Waals surface area contributed by atoms with Gasteiger partial charge in [-0.25, -0.2) is 8.78 Å². The van der Waals surface area contributed by atoms with Crippen LogP contribution in [-0.4, -0.2) is 27.1 Å². The first-order valence-electron chi connectivity index (χ1n) is 10.2. The summed E-state index contributed by atoms with van der Waals surface area (Å²) < 4.78 is 29.3. The predicted molar refractivity (Wildman–Crippen MR) is 112 cm³/mol. The van der Waals surface area contributed by atoms with Crippen molar-refractivity contribution in [2.45, 2.75) is 33.4 Å². The minimum absolute atomic E-state index is 0.0692. The van der Waals surface area contributed by atoms with E-state index in [0.717, 1.165) is 22.9 Å². The van der Waals surface area contributed by atoms with Crippen LogP contribution in [0.3, 0.4) is 0 Å². The number of nitrogens with zero attached hydrogens (tertiary/aromatic N) is 4. The Bertz CT molecular complexity index is 1190. The van der Waals surface area contributed by atoms with Gasteiger partial charge in [0.05, 0.1) is 23.9 Å². The zero-order valence-electron chi connectivity index (χ0n) is 17.4. The molecule has 0 bridgehead atoms. The van der Waals surface area contributed by atoms with Gasteiger partial charge in [0.25, 0.3) is 0 Å². The van der Waals surface area contributed by atoms with E-state index in [2.05, 4.69) is 6.07 Å². The molecule has 0 spiro atoms. The van der Waals surface area contributed by atoms with Crippen molar-refractivity contribution in [3.8, 4) is 17.3 Å². The maximum atomic E-state index is 14.3. The number of carbonyl (C=O) groups is 1. The van der Waals surface area contributed by atoms with Gasteiger partial charge in [-0.05, 0) is 18.2 Å². The van der Waals surface area contributed by atoms with Crippen LogP contribution in [0.25, 0.3) is 11.3 Å². The molecule has 4 rings (SSSR count). The van der Waals surface area contributed by atoms with Crippen molar-refractivity contribution < 1.29 is 13.6 Å². The van der Waals surface area contributed by atoms with Crippen LogP contribution < -0.4 is 0 Å². The molecule has 31 heavy (non-hydrogen) atoms. The molecule has 1 aliphatic heterocycles. The average molecular weight is 420 g/mol. The van der Waals surface area contributed by atoms with Gasteiger partial charge in [0.15, 0.2) is 0 Å². The normalized spacial score (nSPS) is 13.2. The molecule has 1 amide bonds. The van der Waals surface area contributed by atoms with E-state index in [1.54, 1.807) is 22.9 Å². The van der Waals surface area contributed by atoms with Gasteiger partial charge in [0, 0.05) is 53.9 Å². The van der Waals surface area contributed by atoms with Gasteiger partial charge < -0.3 is 4.90 Å². The molecular formula is C24H22F2N4O. The molecule has 0 radical (unpaired) electrons.